The number of carbonyl (C=O) groups is 1. The van der Waals surface area contributed by atoms with Gasteiger partial charge in [0.05, 0.1) is 25.4 Å². The Morgan fingerprint density at radius 2 is 0.873 bits per heavy atom. The fraction of sp³-hybridized carbons (Fsp3) is 0.726. The lowest BCUT2D eigenvalue weighted by Gasteiger charge is -2.40. The quantitative estimate of drug-likeness (QED) is 0.0261. The molecule has 9 heteroatoms. The summed E-state index contributed by atoms with van der Waals surface area (Å²) >= 11 is 0. The van der Waals surface area contributed by atoms with E-state index in [1.54, 1.807) is 6.08 Å². The van der Waals surface area contributed by atoms with Gasteiger partial charge in [-0.3, -0.25) is 4.79 Å². The molecule has 7 atom stereocenters. The maximum absolute atomic E-state index is 13.0. The minimum absolute atomic E-state index is 0.182. The lowest BCUT2D eigenvalue weighted by atomic mass is 9.99. The highest BCUT2D eigenvalue weighted by Gasteiger charge is 2.44. The number of carbonyl (C=O) groups excluding carboxylic acids is 1. The van der Waals surface area contributed by atoms with Gasteiger partial charge in [0.15, 0.2) is 6.29 Å². The van der Waals surface area contributed by atoms with Gasteiger partial charge in [0.1, 0.15) is 24.4 Å². The first kappa shape index (κ1) is 66.1. The highest BCUT2D eigenvalue weighted by atomic mass is 16.7. The Balaban J connectivity index is 2.15. The molecule has 9 nitrogen and oxygen atoms in total. The van der Waals surface area contributed by atoms with Gasteiger partial charge in [-0.1, -0.05) is 246 Å². The Bertz CT molecular complexity index is 1430. The first-order valence-electron chi connectivity index (χ1n) is 29.0. The summed E-state index contributed by atoms with van der Waals surface area (Å²) in [4.78, 5) is 13.0. The highest BCUT2D eigenvalue weighted by molar-refractivity contribution is 5.76. The molecule has 6 N–H and O–H groups in total. The van der Waals surface area contributed by atoms with Crippen molar-refractivity contribution in [1.82, 2.24) is 5.32 Å². The fourth-order valence-corrected chi connectivity index (χ4v) is 8.61. The van der Waals surface area contributed by atoms with Crippen LogP contribution in [0.3, 0.4) is 0 Å². The van der Waals surface area contributed by atoms with Crippen molar-refractivity contribution in [3.8, 4) is 0 Å². The number of hydrogen-bond acceptors (Lipinski definition) is 8. The maximum atomic E-state index is 13.0. The lowest BCUT2D eigenvalue weighted by molar-refractivity contribution is -0.302. The molecule has 1 rings (SSSR count). The molecule has 71 heavy (non-hydrogen) atoms. The minimum Gasteiger partial charge on any atom is -0.394 e. The molecule has 0 aromatic carbocycles. The number of amides is 1. The number of hydrogen-bond donors (Lipinski definition) is 6. The predicted octanol–water partition coefficient (Wildman–Crippen LogP) is 14.4. The van der Waals surface area contributed by atoms with Crippen molar-refractivity contribution < 1.29 is 39.8 Å². The summed E-state index contributed by atoms with van der Waals surface area (Å²) in [5, 5.41) is 54.4. The molecule has 0 bridgehead atoms. The number of aliphatic hydroxyl groups is 5. The molecule has 0 aliphatic carbocycles. The van der Waals surface area contributed by atoms with Gasteiger partial charge in [-0.25, -0.2) is 0 Å². The molecule has 1 fully saturated rings. The van der Waals surface area contributed by atoms with E-state index in [1.165, 1.54) is 128 Å². The Morgan fingerprint density at radius 1 is 0.493 bits per heavy atom. The summed E-state index contributed by atoms with van der Waals surface area (Å²) in [6.07, 6.45) is 66.2. The zero-order chi connectivity index (χ0) is 51.5. The molecule has 0 spiro atoms. The van der Waals surface area contributed by atoms with E-state index < -0.39 is 49.5 Å². The van der Waals surface area contributed by atoms with Crippen LogP contribution in [0.1, 0.15) is 232 Å². The molecule has 408 valence electrons. The third-order valence-electron chi connectivity index (χ3n) is 13.2. The lowest BCUT2D eigenvalue weighted by Crippen LogP contribution is -2.60. The smallest absolute Gasteiger partial charge is 0.220 e. The molecule has 0 aromatic rings. The predicted molar refractivity (Wildman–Crippen MR) is 299 cm³/mol. The van der Waals surface area contributed by atoms with E-state index in [1.807, 2.05) is 6.08 Å². The molecule has 0 saturated carbocycles. The van der Waals surface area contributed by atoms with Crippen molar-refractivity contribution in [1.29, 1.82) is 0 Å². The first-order valence-corrected chi connectivity index (χ1v) is 29.0. The minimum atomic E-state index is -1.57. The average molecular weight is 995 g/mol. The van der Waals surface area contributed by atoms with Crippen LogP contribution in [0.15, 0.2) is 97.2 Å². The van der Waals surface area contributed by atoms with Crippen LogP contribution in [0.4, 0.5) is 0 Å². The number of unbranched alkanes of at least 4 members (excludes halogenated alkanes) is 24. The van der Waals surface area contributed by atoms with E-state index in [9.17, 15) is 30.3 Å². The van der Waals surface area contributed by atoms with Gasteiger partial charge in [-0.2, -0.15) is 0 Å². The summed E-state index contributed by atoms with van der Waals surface area (Å²) < 4.78 is 11.2. The molecule has 0 aromatic heterocycles. The van der Waals surface area contributed by atoms with Gasteiger partial charge in [-0.15, -0.1) is 0 Å². The third kappa shape index (κ3) is 40.2. The van der Waals surface area contributed by atoms with E-state index in [2.05, 4.69) is 104 Å². The fourth-order valence-electron chi connectivity index (χ4n) is 8.61. The van der Waals surface area contributed by atoms with Crippen molar-refractivity contribution in [2.75, 3.05) is 13.2 Å². The summed E-state index contributed by atoms with van der Waals surface area (Å²) in [6, 6.07) is -0.810. The van der Waals surface area contributed by atoms with Crippen LogP contribution in [-0.4, -0.2) is 87.5 Å². The molecule has 1 amide bonds. The summed E-state index contributed by atoms with van der Waals surface area (Å²) in [5.41, 5.74) is 0. The second kappa shape index (κ2) is 50.6. The molecule has 1 aliphatic heterocycles. The third-order valence-corrected chi connectivity index (χ3v) is 13.2. The summed E-state index contributed by atoms with van der Waals surface area (Å²) in [5.74, 6) is -0.182. The van der Waals surface area contributed by atoms with Gasteiger partial charge < -0.3 is 40.3 Å². The molecular formula is C62H107NO8. The van der Waals surface area contributed by atoms with Gasteiger partial charge in [0, 0.05) is 6.42 Å². The average Bonchev–Trinajstić information content (AvgIpc) is 3.37. The van der Waals surface area contributed by atoms with Gasteiger partial charge in [0.2, 0.25) is 5.91 Å². The number of rotatable bonds is 48. The number of nitrogens with one attached hydrogen (secondary N) is 1. The van der Waals surface area contributed by atoms with Crippen LogP contribution in [0.2, 0.25) is 0 Å². The van der Waals surface area contributed by atoms with Crippen LogP contribution >= 0.6 is 0 Å². The standard InChI is InChI=1S/C62H107NO8/c1-3-5-7-9-11-13-15-17-18-19-20-21-22-23-24-25-26-27-28-29-30-31-32-33-34-35-36-37-38-40-42-44-46-48-50-52-58(66)63-55(54-70-62-61(69)60(68)59(67)57(53-64)71-62)56(65)51-49-47-45-43-41-39-16-14-12-10-8-6-4-2/h5,7,11,13,17-18,20-21,23-24,26-27,29-30,49,51,55-57,59-62,64-65,67-69H,3-4,6,8-10,12,14-16,19,22,25,28,31-48,50,52-54H2,1-2H3,(H,63,66)/b7-5-,13-11-,18-17-,21-20-,24-23-,27-26-,30-29-,51-49+. The second-order valence-corrected chi connectivity index (χ2v) is 19.7. The SMILES string of the molecule is CC/C=C\C/C=C\C/C=C\C/C=C\C/C=C\C/C=C\C/C=C\CCCCCCCCCCCCCCCC(=O)NC(COC1OC(CO)C(O)C(O)C1O)C(O)/C=C/CCCCCCCCCCCCC. The zero-order valence-corrected chi connectivity index (χ0v) is 45.2. The van der Waals surface area contributed by atoms with Crippen LogP contribution < -0.4 is 5.32 Å². The largest absolute Gasteiger partial charge is 0.394 e. The Hall–Kier alpha value is -2.89. The Morgan fingerprint density at radius 3 is 1.30 bits per heavy atom. The highest BCUT2D eigenvalue weighted by Crippen LogP contribution is 2.23. The Kier molecular flexibility index (Phi) is 47.2. The van der Waals surface area contributed by atoms with Crippen molar-refractivity contribution in [2.45, 2.75) is 275 Å². The number of ether oxygens (including phenoxy) is 2. The van der Waals surface area contributed by atoms with Crippen molar-refractivity contribution in [3.05, 3.63) is 97.2 Å². The van der Waals surface area contributed by atoms with Crippen molar-refractivity contribution in [2.24, 2.45) is 0 Å². The number of aliphatic hydroxyl groups excluding tert-OH is 5. The van der Waals surface area contributed by atoms with Gasteiger partial charge >= 0.3 is 0 Å². The maximum Gasteiger partial charge on any atom is 0.220 e. The Labute approximate surface area is 434 Å². The molecule has 1 saturated heterocycles. The van der Waals surface area contributed by atoms with E-state index in [0.29, 0.717) is 6.42 Å². The molecular weight excluding hydrogens is 887 g/mol. The molecule has 1 heterocycles. The summed E-state index contributed by atoms with van der Waals surface area (Å²) in [6.45, 7) is 3.65. The van der Waals surface area contributed by atoms with E-state index in [-0.39, 0.29) is 12.5 Å². The van der Waals surface area contributed by atoms with Crippen LogP contribution in [-0.2, 0) is 14.3 Å². The van der Waals surface area contributed by atoms with Gasteiger partial charge in [-0.05, 0) is 77.0 Å². The van der Waals surface area contributed by atoms with Crippen molar-refractivity contribution in [3.63, 3.8) is 0 Å². The van der Waals surface area contributed by atoms with E-state index in [4.69, 9.17) is 9.47 Å². The second-order valence-electron chi connectivity index (χ2n) is 19.7. The molecule has 1 aliphatic rings. The normalized spacial score (nSPS) is 20.0. The van der Waals surface area contributed by atoms with E-state index in [0.717, 1.165) is 83.5 Å². The van der Waals surface area contributed by atoms with Gasteiger partial charge in [0.25, 0.3) is 0 Å². The first-order chi connectivity index (χ1) is 34.8. The van der Waals surface area contributed by atoms with Crippen molar-refractivity contribution >= 4 is 5.91 Å². The number of allylic oxidation sites excluding steroid dienone is 15. The molecule has 7 unspecified atom stereocenters. The monoisotopic (exact) mass is 994 g/mol. The van der Waals surface area contributed by atoms with Crippen LogP contribution in [0, 0.1) is 0 Å². The van der Waals surface area contributed by atoms with Crippen LogP contribution in [0.25, 0.3) is 0 Å². The topological polar surface area (TPSA) is 149 Å². The zero-order valence-electron chi connectivity index (χ0n) is 45.2. The van der Waals surface area contributed by atoms with Crippen LogP contribution in [0.5, 0.6) is 0 Å². The van der Waals surface area contributed by atoms with E-state index >= 15 is 0 Å². The molecule has 0 radical (unpaired) electrons. The summed E-state index contributed by atoms with van der Waals surface area (Å²) in [7, 11) is 0.